The first kappa shape index (κ1) is 14.8. The van der Waals surface area contributed by atoms with Crippen LogP contribution in [0.15, 0.2) is 54.6 Å². The van der Waals surface area contributed by atoms with Gasteiger partial charge < -0.3 is 5.32 Å². The molecule has 0 spiro atoms. The molecule has 2 rings (SSSR count). The molecule has 0 saturated carbocycles. The molecular formula is C19H25N. The van der Waals surface area contributed by atoms with E-state index < -0.39 is 0 Å². The number of rotatable bonds is 5. The Morgan fingerprint density at radius 2 is 1.35 bits per heavy atom. The molecule has 0 radical (unpaired) electrons. The Morgan fingerprint density at radius 3 is 1.90 bits per heavy atom. The second-order valence-electron chi connectivity index (χ2n) is 5.93. The maximum atomic E-state index is 3.77. The second-order valence-corrected chi connectivity index (χ2v) is 5.93. The molecule has 2 aromatic rings. The van der Waals surface area contributed by atoms with Crippen molar-refractivity contribution in [3.63, 3.8) is 0 Å². The zero-order valence-electron chi connectivity index (χ0n) is 12.9. The average molecular weight is 267 g/mol. The van der Waals surface area contributed by atoms with E-state index in [4.69, 9.17) is 0 Å². The molecule has 1 nitrogen and oxygen atoms in total. The van der Waals surface area contributed by atoms with E-state index in [1.165, 1.54) is 16.7 Å². The fourth-order valence-electron chi connectivity index (χ4n) is 2.55. The summed E-state index contributed by atoms with van der Waals surface area (Å²) in [5, 5.41) is 3.77. The molecule has 0 fully saturated rings. The third kappa shape index (κ3) is 3.71. The van der Waals surface area contributed by atoms with Crippen LogP contribution in [0.5, 0.6) is 0 Å². The van der Waals surface area contributed by atoms with Crippen LogP contribution in [0.25, 0.3) is 0 Å². The van der Waals surface area contributed by atoms with Gasteiger partial charge in [0, 0.05) is 12.1 Å². The summed E-state index contributed by atoms with van der Waals surface area (Å²) in [6, 6.07) is 20.2. The molecule has 0 amide bonds. The van der Waals surface area contributed by atoms with Crippen LogP contribution in [0, 0.1) is 12.8 Å². The standard InChI is InChI=1S/C19H25N/c1-14(2)19(18-8-6-5-7-9-18)20-16(4)17-12-10-15(3)11-13-17/h5-14,16,19-20H,1-4H3/t16-,19?/m1/s1. The summed E-state index contributed by atoms with van der Waals surface area (Å²) in [5.41, 5.74) is 4.02. The number of hydrogen-bond acceptors (Lipinski definition) is 1. The predicted octanol–water partition coefficient (Wildman–Crippen LogP) is 5.04. The van der Waals surface area contributed by atoms with Gasteiger partial charge in [-0.3, -0.25) is 0 Å². The molecule has 0 heterocycles. The Labute approximate surface area is 123 Å². The Hall–Kier alpha value is -1.60. The molecule has 0 aliphatic carbocycles. The zero-order chi connectivity index (χ0) is 14.5. The number of nitrogens with one attached hydrogen (secondary N) is 1. The molecular weight excluding hydrogens is 242 g/mol. The van der Waals surface area contributed by atoms with Crippen molar-refractivity contribution >= 4 is 0 Å². The Balaban J connectivity index is 2.14. The molecule has 1 heteroatoms. The van der Waals surface area contributed by atoms with Gasteiger partial charge in [0.25, 0.3) is 0 Å². The van der Waals surface area contributed by atoms with Gasteiger partial charge in [-0.05, 0) is 30.9 Å². The molecule has 2 aromatic carbocycles. The lowest BCUT2D eigenvalue weighted by Gasteiger charge is -2.27. The van der Waals surface area contributed by atoms with E-state index >= 15 is 0 Å². The summed E-state index contributed by atoms with van der Waals surface area (Å²) in [7, 11) is 0. The summed E-state index contributed by atoms with van der Waals surface area (Å²) in [5.74, 6) is 0.560. The topological polar surface area (TPSA) is 12.0 Å². The van der Waals surface area contributed by atoms with Crippen LogP contribution >= 0.6 is 0 Å². The minimum absolute atomic E-state index is 0.350. The highest BCUT2D eigenvalue weighted by Gasteiger charge is 2.18. The van der Waals surface area contributed by atoms with Crippen LogP contribution in [-0.4, -0.2) is 0 Å². The smallest absolute Gasteiger partial charge is 0.0348 e. The van der Waals surface area contributed by atoms with Crippen molar-refractivity contribution in [3.8, 4) is 0 Å². The first-order valence-corrected chi connectivity index (χ1v) is 7.45. The third-order valence-corrected chi connectivity index (χ3v) is 3.83. The molecule has 106 valence electrons. The van der Waals surface area contributed by atoms with Gasteiger partial charge in [0.05, 0.1) is 0 Å². The molecule has 0 saturated heterocycles. The highest BCUT2D eigenvalue weighted by molar-refractivity contribution is 5.25. The van der Waals surface area contributed by atoms with E-state index in [1.807, 2.05) is 0 Å². The van der Waals surface area contributed by atoms with Crippen LogP contribution < -0.4 is 5.32 Å². The Kier molecular flexibility index (Phi) is 4.97. The van der Waals surface area contributed by atoms with Crippen molar-refractivity contribution in [2.24, 2.45) is 5.92 Å². The van der Waals surface area contributed by atoms with E-state index in [0.717, 1.165) is 0 Å². The van der Waals surface area contributed by atoms with Crippen molar-refractivity contribution < 1.29 is 0 Å². The molecule has 0 bridgehead atoms. The zero-order valence-corrected chi connectivity index (χ0v) is 12.9. The fourth-order valence-corrected chi connectivity index (χ4v) is 2.55. The van der Waals surface area contributed by atoms with Gasteiger partial charge in [0.15, 0.2) is 0 Å². The van der Waals surface area contributed by atoms with Gasteiger partial charge in [-0.1, -0.05) is 74.0 Å². The lowest BCUT2D eigenvalue weighted by atomic mass is 9.94. The number of aryl methyl sites for hydroxylation is 1. The first-order chi connectivity index (χ1) is 9.58. The Bertz CT molecular complexity index is 513. The molecule has 1 N–H and O–H groups in total. The van der Waals surface area contributed by atoms with Gasteiger partial charge in [0.1, 0.15) is 0 Å². The maximum absolute atomic E-state index is 3.77. The molecule has 2 atom stereocenters. The minimum atomic E-state index is 0.350. The van der Waals surface area contributed by atoms with E-state index in [9.17, 15) is 0 Å². The van der Waals surface area contributed by atoms with Crippen LogP contribution in [0.3, 0.4) is 0 Å². The molecule has 0 aromatic heterocycles. The maximum Gasteiger partial charge on any atom is 0.0348 e. The highest BCUT2D eigenvalue weighted by atomic mass is 14.9. The van der Waals surface area contributed by atoms with E-state index in [1.54, 1.807) is 0 Å². The van der Waals surface area contributed by atoms with Crippen LogP contribution in [0.4, 0.5) is 0 Å². The monoisotopic (exact) mass is 267 g/mol. The van der Waals surface area contributed by atoms with Crippen molar-refractivity contribution in [3.05, 3.63) is 71.3 Å². The van der Waals surface area contributed by atoms with E-state index in [-0.39, 0.29) is 0 Å². The lowest BCUT2D eigenvalue weighted by Crippen LogP contribution is -2.28. The van der Waals surface area contributed by atoms with Crippen molar-refractivity contribution in [1.29, 1.82) is 0 Å². The molecule has 0 aliphatic heterocycles. The summed E-state index contributed by atoms with van der Waals surface area (Å²) in [4.78, 5) is 0. The largest absolute Gasteiger partial charge is 0.303 e. The molecule has 20 heavy (non-hydrogen) atoms. The van der Waals surface area contributed by atoms with Crippen molar-refractivity contribution in [1.82, 2.24) is 5.32 Å². The summed E-state index contributed by atoms with van der Waals surface area (Å²) < 4.78 is 0. The summed E-state index contributed by atoms with van der Waals surface area (Å²) in [6.07, 6.45) is 0. The van der Waals surface area contributed by atoms with Gasteiger partial charge in [0.2, 0.25) is 0 Å². The number of benzene rings is 2. The molecule has 1 unspecified atom stereocenters. The van der Waals surface area contributed by atoms with E-state index in [0.29, 0.717) is 18.0 Å². The predicted molar refractivity (Wildman–Crippen MR) is 86.8 cm³/mol. The van der Waals surface area contributed by atoms with Gasteiger partial charge in [-0.15, -0.1) is 0 Å². The minimum Gasteiger partial charge on any atom is -0.303 e. The van der Waals surface area contributed by atoms with Crippen LogP contribution in [0.1, 0.15) is 49.5 Å². The van der Waals surface area contributed by atoms with Gasteiger partial charge in [-0.2, -0.15) is 0 Å². The normalized spacial score (nSPS) is 14.2. The fraction of sp³-hybridized carbons (Fsp3) is 0.368. The van der Waals surface area contributed by atoms with Crippen LogP contribution in [0.2, 0.25) is 0 Å². The summed E-state index contributed by atoms with van der Waals surface area (Å²) in [6.45, 7) is 8.91. The van der Waals surface area contributed by atoms with Crippen molar-refractivity contribution in [2.75, 3.05) is 0 Å². The first-order valence-electron chi connectivity index (χ1n) is 7.45. The van der Waals surface area contributed by atoms with Crippen LogP contribution in [-0.2, 0) is 0 Å². The second kappa shape index (κ2) is 6.71. The highest BCUT2D eigenvalue weighted by Crippen LogP contribution is 2.25. The summed E-state index contributed by atoms with van der Waals surface area (Å²) >= 11 is 0. The third-order valence-electron chi connectivity index (χ3n) is 3.83. The molecule has 0 aliphatic rings. The average Bonchev–Trinajstić information content (AvgIpc) is 2.46. The van der Waals surface area contributed by atoms with Gasteiger partial charge in [-0.25, -0.2) is 0 Å². The quantitative estimate of drug-likeness (QED) is 0.800. The Morgan fingerprint density at radius 1 is 0.750 bits per heavy atom. The SMILES string of the molecule is Cc1ccc([C@@H](C)NC(c2ccccc2)C(C)C)cc1. The van der Waals surface area contributed by atoms with E-state index in [2.05, 4.69) is 87.6 Å². The van der Waals surface area contributed by atoms with Crippen molar-refractivity contribution in [2.45, 2.75) is 39.8 Å². The lowest BCUT2D eigenvalue weighted by molar-refractivity contribution is 0.374. The van der Waals surface area contributed by atoms with Gasteiger partial charge >= 0.3 is 0 Å². The number of hydrogen-bond donors (Lipinski definition) is 1.